The van der Waals surface area contributed by atoms with E-state index in [1.807, 2.05) is 41.5 Å². The Balaban J connectivity index is 0.00000101. The first-order chi connectivity index (χ1) is 25.3. The predicted molar refractivity (Wildman–Crippen MR) is 235 cm³/mol. The number of benzene rings is 2. The summed E-state index contributed by atoms with van der Waals surface area (Å²) in [5.74, 6) is 0. The van der Waals surface area contributed by atoms with Crippen LogP contribution in [0.4, 0.5) is 17.1 Å². The van der Waals surface area contributed by atoms with Crippen molar-refractivity contribution in [1.29, 1.82) is 0 Å². The number of likely N-dealkylation sites (N-methyl/N-ethyl adjacent to an activating group) is 1. The highest BCUT2D eigenvalue weighted by Crippen LogP contribution is 2.40. The predicted octanol–water partition coefficient (Wildman–Crippen LogP) is 11.6. The average Bonchev–Trinajstić information content (AvgIpc) is 3.20. The summed E-state index contributed by atoms with van der Waals surface area (Å²) in [6, 6.07) is 17.0. The van der Waals surface area contributed by atoms with Crippen molar-refractivity contribution in [3.05, 3.63) is 59.8 Å². The van der Waals surface area contributed by atoms with Crippen molar-refractivity contribution in [3.8, 4) is 0 Å². The Morgan fingerprint density at radius 1 is 0.615 bits per heavy atom. The molecule has 0 amide bonds. The summed E-state index contributed by atoms with van der Waals surface area (Å²) >= 11 is 0. The fraction of sp³-hybridized carbons (Fsp3) is 0.674. The molecular weight excluding hydrogens is 637 g/mol. The zero-order valence-corrected chi connectivity index (χ0v) is 36.6. The van der Waals surface area contributed by atoms with Crippen molar-refractivity contribution in [3.63, 3.8) is 0 Å². The van der Waals surface area contributed by atoms with Crippen LogP contribution in [-0.4, -0.2) is 97.7 Å². The third kappa shape index (κ3) is 14.0. The van der Waals surface area contributed by atoms with Gasteiger partial charge < -0.3 is 19.6 Å². The molecular formula is C46H82N6. The zero-order valence-electron chi connectivity index (χ0n) is 36.6. The smallest absolute Gasteiger partial charge is 0.0839 e. The summed E-state index contributed by atoms with van der Waals surface area (Å²) in [5.41, 5.74) is 7.42. The molecule has 0 N–H and O–H groups in total. The molecule has 3 aliphatic rings. The molecule has 6 rings (SSSR count). The van der Waals surface area contributed by atoms with Crippen LogP contribution in [0.2, 0.25) is 0 Å². The van der Waals surface area contributed by atoms with Crippen LogP contribution >= 0.6 is 0 Å². The summed E-state index contributed by atoms with van der Waals surface area (Å²) in [6.07, 6.45) is 9.74. The van der Waals surface area contributed by atoms with Crippen LogP contribution in [0, 0.1) is 13.8 Å². The van der Waals surface area contributed by atoms with Gasteiger partial charge in [0.05, 0.1) is 23.1 Å². The number of piperazine rings is 1. The van der Waals surface area contributed by atoms with Crippen LogP contribution in [0.25, 0.3) is 10.9 Å². The highest BCUT2D eigenvalue weighted by atomic mass is 15.3. The maximum absolute atomic E-state index is 4.90. The number of hydrogen-bond donors (Lipinski definition) is 0. The highest BCUT2D eigenvalue weighted by molar-refractivity contribution is 5.99. The first kappa shape index (κ1) is 47.4. The van der Waals surface area contributed by atoms with Gasteiger partial charge in [0.1, 0.15) is 0 Å². The third-order valence-electron chi connectivity index (χ3n) is 9.93. The molecule has 52 heavy (non-hydrogen) atoms. The van der Waals surface area contributed by atoms with E-state index in [0.717, 1.165) is 24.6 Å². The van der Waals surface area contributed by atoms with E-state index in [2.05, 4.69) is 129 Å². The largest absolute Gasteiger partial charge is 0.369 e. The van der Waals surface area contributed by atoms with Gasteiger partial charge in [-0.15, -0.1) is 0 Å². The van der Waals surface area contributed by atoms with Crippen molar-refractivity contribution in [2.45, 2.75) is 141 Å². The van der Waals surface area contributed by atoms with E-state index in [0.29, 0.717) is 6.04 Å². The van der Waals surface area contributed by atoms with Gasteiger partial charge in [-0.05, 0) is 83.4 Å². The lowest BCUT2D eigenvalue weighted by Gasteiger charge is -2.46. The average molecular weight is 719 g/mol. The first-order valence-corrected chi connectivity index (χ1v) is 21.5. The molecule has 0 atom stereocenters. The zero-order chi connectivity index (χ0) is 39.1. The highest BCUT2D eigenvalue weighted by Gasteiger charge is 2.32. The van der Waals surface area contributed by atoms with Crippen LogP contribution in [-0.2, 0) is 0 Å². The summed E-state index contributed by atoms with van der Waals surface area (Å²) in [6.45, 7) is 38.1. The molecule has 3 saturated heterocycles. The lowest BCUT2D eigenvalue weighted by atomic mass is 9.96. The van der Waals surface area contributed by atoms with Crippen molar-refractivity contribution >= 4 is 28.0 Å². The van der Waals surface area contributed by atoms with Crippen molar-refractivity contribution in [2.75, 3.05) is 75.8 Å². The summed E-state index contributed by atoms with van der Waals surface area (Å²) in [5, 5.41) is 1.28. The molecule has 4 heterocycles. The van der Waals surface area contributed by atoms with E-state index in [1.165, 1.54) is 118 Å². The number of piperidine rings is 2. The van der Waals surface area contributed by atoms with E-state index >= 15 is 0 Å². The summed E-state index contributed by atoms with van der Waals surface area (Å²) < 4.78 is 0. The van der Waals surface area contributed by atoms with E-state index in [9.17, 15) is 0 Å². The first-order valence-electron chi connectivity index (χ1n) is 21.5. The van der Waals surface area contributed by atoms with Gasteiger partial charge in [-0.2, -0.15) is 0 Å². The molecule has 6 heteroatoms. The Hall–Kier alpha value is -2.67. The second-order valence-corrected chi connectivity index (χ2v) is 13.8. The SMILES string of the molecule is CC.CC.CC.CCC.CCC.CCN1CCN(C2CCN(C3CCN(c4c(N(C)c5ccc(C)cc5)cnc5ccc(C)cc45)CC3)CC2)CC1. The second kappa shape index (κ2) is 27.0. The van der Waals surface area contributed by atoms with Crippen molar-refractivity contribution in [2.24, 2.45) is 0 Å². The quantitative estimate of drug-likeness (QED) is 0.252. The Morgan fingerprint density at radius 2 is 1.08 bits per heavy atom. The van der Waals surface area contributed by atoms with Crippen LogP contribution in [0.1, 0.15) is 126 Å². The number of nitrogens with zero attached hydrogens (tertiary/aromatic N) is 6. The van der Waals surface area contributed by atoms with E-state index < -0.39 is 0 Å². The maximum atomic E-state index is 4.90. The fourth-order valence-electron chi connectivity index (χ4n) is 7.28. The second-order valence-electron chi connectivity index (χ2n) is 13.8. The molecule has 3 fully saturated rings. The summed E-state index contributed by atoms with van der Waals surface area (Å²) in [4.78, 5) is 18.1. The van der Waals surface area contributed by atoms with E-state index in [-0.39, 0.29) is 0 Å². The molecule has 0 radical (unpaired) electrons. The molecule has 0 saturated carbocycles. The number of aryl methyl sites for hydroxylation is 2. The molecule has 1 aromatic heterocycles. The molecule has 0 unspecified atom stereocenters. The molecule has 3 aliphatic heterocycles. The molecule has 0 bridgehead atoms. The lowest BCUT2D eigenvalue weighted by molar-refractivity contribution is 0.0450. The minimum absolute atomic E-state index is 0.710. The number of rotatable bonds is 6. The topological polar surface area (TPSA) is 29.1 Å². The number of anilines is 3. The Labute approximate surface area is 323 Å². The Morgan fingerprint density at radius 3 is 1.58 bits per heavy atom. The number of fused-ring (bicyclic) bond motifs is 1. The van der Waals surface area contributed by atoms with Crippen molar-refractivity contribution < 1.29 is 0 Å². The van der Waals surface area contributed by atoms with E-state index in [4.69, 9.17) is 4.98 Å². The number of hydrogen-bond acceptors (Lipinski definition) is 6. The molecule has 0 aliphatic carbocycles. The maximum Gasteiger partial charge on any atom is 0.0839 e. The molecule has 0 spiro atoms. The van der Waals surface area contributed by atoms with Crippen LogP contribution in [0.15, 0.2) is 48.7 Å². The van der Waals surface area contributed by atoms with Gasteiger partial charge in [0.2, 0.25) is 0 Å². The Bertz CT molecular complexity index is 1300. The monoisotopic (exact) mass is 719 g/mol. The lowest BCUT2D eigenvalue weighted by Crippen LogP contribution is -2.55. The standard InChI is InChI=1S/C34H48N6.2C3H8.3C2H6/c1-5-37-20-22-39(23-21-37)30-12-16-38(17-13-30)29-14-18-40(19-15-29)34-31-24-27(3)8-11-32(31)35-25-33(34)36(4)28-9-6-26(2)7-10-28;2*1-3-2;3*1-2/h6-11,24-25,29-30H,5,12-23H2,1-4H3;2*3H2,1-2H3;3*1-2H3. The van der Waals surface area contributed by atoms with Gasteiger partial charge in [0.25, 0.3) is 0 Å². The van der Waals surface area contributed by atoms with Crippen LogP contribution < -0.4 is 9.80 Å². The Kier molecular flexibility index (Phi) is 24.6. The molecule has 3 aromatic rings. The minimum atomic E-state index is 0.710. The normalized spacial score (nSPS) is 17.1. The minimum Gasteiger partial charge on any atom is -0.369 e. The van der Waals surface area contributed by atoms with Crippen LogP contribution in [0.5, 0.6) is 0 Å². The van der Waals surface area contributed by atoms with Gasteiger partial charge in [0, 0.05) is 69.5 Å². The number of pyridine rings is 1. The van der Waals surface area contributed by atoms with Gasteiger partial charge >= 0.3 is 0 Å². The fourth-order valence-corrected chi connectivity index (χ4v) is 7.28. The van der Waals surface area contributed by atoms with E-state index in [1.54, 1.807) is 0 Å². The third-order valence-corrected chi connectivity index (χ3v) is 9.93. The molecule has 296 valence electrons. The van der Waals surface area contributed by atoms with Crippen molar-refractivity contribution in [1.82, 2.24) is 19.7 Å². The summed E-state index contributed by atoms with van der Waals surface area (Å²) in [7, 11) is 2.19. The van der Waals surface area contributed by atoms with Gasteiger partial charge in [-0.25, -0.2) is 0 Å². The van der Waals surface area contributed by atoms with Gasteiger partial charge in [-0.3, -0.25) is 9.88 Å². The molecule has 6 nitrogen and oxygen atoms in total. The van der Waals surface area contributed by atoms with Gasteiger partial charge in [-0.1, -0.05) is 118 Å². The molecule has 2 aromatic carbocycles. The number of likely N-dealkylation sites (tertiary alicyclic amines) is 1. The van der Waals surface area contributed by atoms with Gasteiger partial charge in [0.15, 0.2) is 0 Å². The van der Waals surface area contributed by atoms with Crippen LogP contribution in [0.3, 0.4) is 0 Å². The number of aromatic nitrogens is 1.